The van der Waals surface area contributed by atoms with Gasteiger partial charge in [0.05, 0.1) is 0 Å². The summed E-state index contributed by atoms with van der Waals surface area (Å²) in [5, 5.41) is 3.72. The van der Waals surface area contributed by atoms with Gasteiger partial charge in [0, 0.05) is 0 Å². The Morgan fingerprint density at radius 2 is 2.11 bits per heavy atom. The van der Waals surface area contributed by atoms with Gasteiger partial charge in [-0.05, 0) is 0 Å². The summed E-state index contributed by atoms with van der Waals surface area (Å²) in [7, 11) is 0. The quantitative estimate of drug-likeness (QED) is 0.697. The van der Waals surface area contributed by atoms with Crippen molar-refractivity contribution >= 4 is 41.7 Å². The molecule has 2 rings (SSSR count). The van der Waals surface area contributed by atoms with Gasteiger partial charge < -0.3 is 0 Å². The average Bonchev–Trinajstić information content (AvgIpc) is 2.71. The Hall–Kier alpha value is -1.58. The predicted octanol–water partition coefficient (Wildman–Crippen LogP) is 2.03. The van der Waals surface area contributed by atoms with Crippen LogP contribution in [0.1, 0.15) is 23.1 Å². The van der Waals surface area contributed by atoms with Crippen LogP contribution in [0, 0.1) is 0 Å². The number of ether oxygens (including phenoxy) is 1. The molecule has 1 aromatic carbocycles. The van der Waals surface area contributed by atoms with Gasteiger partial charge in [-0.15, -0.1) is 0 Å². The van der Waals surface area contributed by atoms with Crippen LogP contribution in [0.2, 0.25) is 0 Å². The Balaban J connectivity index is 2.33. The number of hydrogen-bond acceptors (Lipinski definition) is 3. The Morgan fingerprint density at radius 3 is 2.78 bits per heavy atom. The molecule has 2 aromatic rings. The van der Waals surface area contributed by atoms with Crippen LogP contribution in [0.25, 0.3) is 9.65 Å². The van der Waals surface area contributed by atoms with Crippen molar-refractivity contribution in [2.45, 2.75) is 13.8 Å². The van der Waals surface area contributed by atoms with E-state index in [9.17, 15) is 9.59 Å². The van der Waals surface area contributed by atoms with E-state index in [1.54, 1.807) is 6.92 Å². The zero-order chi connectivity index (χ0) is 13.1. The molecule has 0 saturated heterocycles. The molecule has 1 heterocycles. The molecule has 0 atom stereocenters. The molecular formula is C13H13NO3Se. The van der Waals surface area contributed by atoms with E-state index >= 15 is 0 Å². The number of hydrogen-bond donors (Lipinski definition) is 1. The minimum absolute atomic E-state index is 0.00363. The summed E-state index contributed by atoms with van der Waals surface area (Å²) < 4.78 is 6.85. The van der Waals surface area contributed by atoms with Gasteiger partial charge in [-0.1, -0.05) is 0 Å². The molecule has 0 fully saturated rings. The van der Waals surface area contributed by atoms with Crippen LogP contribution in [0.4, 0.5) is 5.69 Å². The van der Waals surface area contributed by atoms with Crippen molar-refractivity contribution in [1.29, 1.82) is 0 Å². The van der Waals surface area contributed by atoms with Gasteiger partial charge in [-0.3, -0.25) is 0 Å². The van der Waals surface area contributed by atoms with Crippen LogP contribution in [0.15, 0.2) is 24.3 Å². The molecule has 0 bridgehead atoms. The van der Waals surface area contributed by atoms with E-state index in [-0.39, 0.29) is 26.4 Å². The summed E-state index contributed by atoms with van der Waals surface area (Å²) in [5.41, 5.74) is 0.749. The van der Waals surface area contributed by atoms with Crippen LogP contribution in [-0.2, 0) is 9.53 Å². The second-order valence-electron chi connectivity index (χ2n) is 3.76. The van der Waals surface area contributed by atoms with Crippen molar-refractivity contribution < 1.29 is 14.3 Å². The fourth-order valence-corrected chi connectivity index (χ4v) is 3.59. The Labute approximate surface area is 111 Å². The molecule has 1 amide bonds. The number of esters is 1. The Morgan fingerprint density at radius 1 is 1.33 bits per heavy atom. The molecule has 0 saturated carbocycles. The summed E-state index contributed by atoms with van der Waals surface area (Å²) in [4.78, 5) is 22.6. The minimum atomic E-state index is -0.241. The first-order valence-corrected chi connectivity index (χ1v) is 7.29. The van der Waals surface area contributed by atoms with Gasteiger partial charge in [0.15, 0.2) is 0 Å². The number of benzene rings is 1. The summed E-state index contributed by atoms with van der Waals surface area (Å²) >= 11 is -0.00363. The molecule has 18 heavy (non-hydrogen) atoms. The van der Waals surface area contributed by atoms with Crippen molar-refractivity contribution in [2.24, 2.45) is 0 Å². The summed E-state index contributed by atoms with van der Waals surface area (Å²) in [5.74, 6) is -0.345. The maximum absolute atomic E-state index is 11.6. The van der Waals surface area contributed by atoms with Crippen molar-refractivity contribution in [3.63, 3.8) is 0 Å². The number of fused-ring (bicyclic) bond motifs is 1. The van der Waals surface area contributed by atoms with Crippen LogP contribution < -0.4 is 5.32 Å². The van der Waals surface area contributed by atoms with Gasteiger partial charge in [-0.2, -0.15) is 0 Å². The SMILES string of the molecule is CCOC(=O)c1cc2cc(NC(C)=O)ccc2[se]1. The molecule has 0 spiro atoms. The number of carbonyl (C=O) groups excluding carboxylic acids is 2. The molecule has 1 aromatic heterocycles. The fraction of sp³-hybridized carbons (Fsp3) is 0.231. The molecule has 0 aliphatic rings. The maximum atomic E-state index is 11.6. The molecule has 0 unspecified atom stereocenters. The fourth-order valence-electron chi connectivity index (χ4n) is 1.63. The molecule has 0 aliphatic heterocycles. The third-order valence-corrected chi connectivity index (χ3v) is 4.61. The molecule has 0 radical (unpaired) electrons. The van der Waals surface area contributed by atoms with Crippen LogP contribution >= 0.6 is 0 Å². The van der Waals surface area contributed by atoms with Crippen molar-refractivity contribution in [2.75, 3.05) is 11.9 Å². The number of nitrogens with one attached hydrogen (secondary N) is 1. The first-order valence-electron chi connectivity index (χ1n) is 5.58. The monoisotopic (exact) mass is 311 g/mol. The number of rotatable bonds is 3. The number of amides is 1. The summed E-state index contributed by atoms with van der Waals surface area (Å²) in [6, 6.07) is 7.52. The average molecular weight is 310 g/mol. The zero-order valence-electron chi connectivity index (χ0n) is 10.1. The molecule has 5 heteroatoms. The van der Waals surface area contributed by atoms with Crippen LogP contribution in [0.5, 0.6) is 0 Å². The molecule has 0 aliphatic carbocycles. The van der Waals surface area contributed by atoms with Crippen molar-refractivity contribution in [3.8, 4) is 0 Å². The van der Waals surface area contributed by atoms with E-state index in [1.165, 1.54) is 6.92 Å². The second kappa shape index (κ2) is 5.38. The van der Waals surface area contributed by atoms with E-state index in [0.29, 0.717) is 6.61 Å². The van der Waals surface area contributed by atoms with Gasteiger partial charge in [0.1, 0.15) is 0 Å². The van der Waals surface area contributed by atoms with E-state index in [1.807, 2.05) is 24.3 Å². The van der Waals surface area contributed by atoms with E-state index in [2.05, 4.69) is 5.32 Å². The van der Waals surface area contributed by atoms with Gasteiger partial charge in [0.25, 0.3) is 0 Å². The van der Waals surface area contributed by atoms with Gasteiger partial charge in [-0.25, -0.2) is 0 Å². The van der Waals surface area contributed by atoms with Crippen LogP contribution in [0.3, 0.4) is 0 Å². The van der Waals surface area contributed by atoms with Crippen molar-refractivity contribution in [1.82, 2.24) is 0 Å². The number of carbonyl (C=O) groups is 2. The second-order valence-corrected chi connectivity index (χ2v) is 6.04. The summed E-state index contributed by atoms with van der Waals surface area (Å²) in [6.45, 7) is 3.65. The van der Waals surface area contributed by atoms with Crippen LogP contribution in [-0.4, -0.2) is 33.0 Å². The van der Waals surface area contributed by atoms with E-state index in [4.69, 9.17) is 4.74 Å². The van der Waals surface area contributed by atoms with Gasteiger partial charge in [0.2, 0.25) is 0 Å². The first-order chi connectivity index (χ1) is 8.60. The summed E-state index contributed by atoms with van der Waals surface area (Å²) in [6.07, 6.45) is 0. The molecule has 1 N–H and O–H groups in total. The van der Waals surface area contributed by atoms with Gasteiger partial charge >= 0.3 is 111 Å². The zero-order valence-corrected chi connectivity index (χ0v) is 11.9. The van der Waals surface area contributed by atoms with Crippen molar-refractivity contribution in [3.05, 3.63) is 28.7 Å². The number of anilines is 1. The topological polar surface area (TPSA) is 55.4 Å². The first kappa shape index (κ1) is 12.9. The Kier molecular flexibility index (Phi) is 3.84. The standard InChI is InChI=1S/C13H13NO3Se/c1-3-17-13(16)12-7-9-6-10(14-8(2)15)4-5-11(9)18-12/h4-7H,3H2,1-2H3,(H,14,15). The third-order valence-electron chi connectivity index (χ3n) is 2.31. The molecular weight excluding hydrogens is 297 g/mol. The van der Waals surface area contributed by atoms with E-state index < -0.39 is 0 Å². The predicted molar refractivity (Wildman–Crippen MR) is 71.1 cm³/mol. The molecule has 4 nitrogen and oxygen atoms in total. The Bertz CT molecular complexity index is 603. The normalized spacial score (nSPS) is 10.3. The van der Waals surface area contributed by atoms with E-state index in [0.717, 1.165) is 19.8 Å². The molecule has 94 valence electrons. The third kappa shape index (κ3) is 2.81.